The lowest BCUT2D eigenvalue weighted by Crippen LogP contribution is -2.20. The van der Waals surface area contributed by atoms with Crippen LogP contribution in [0, 0.1) is 0 Å². The molecule has 0 saturated heterocycles. The normalized spacial score (nSPS) is 11.0. The number of thiocarbonyl (C=S) groups is 1. The highest BCUT2D eigenvalue weighted by Gasteiger charge is 2.17. The highest BCUT2D eigenvalue weighted by Crippen LogP contribution is 2.30. The first-order chi connectivity index (χ1) is 14.7. The average molecular weight is 517 g/mol. The van der Waals surface area contributed by atoms with Gasteiger partial charge in [0.25, 0.3) is 10.0 Å². The lowest BCUT2D eigenvalue weighted by Gasteiger charge is -2.15. The smallest absolute Gasteiger partial charge is 0.262 e. The van der Waals surface area contributed by atoms with Crippen LogP contribution < -0.4 is 20.1 Å². The number of nitrogens with one attached hydrogen (secondary N) is 3. The minimum Gasteiger partial charge on any atom is -0.495 e. The maximum atomic E-state index is 12.7. The van der Waals surface area contributed by atoms with E-state index in [2.05, 4.69) is 15.4 Å². The standard InChI is InChI=1S/C20H16Cl3N3O3S2/c1-29-19-11-15(31(27,28)26-13-4-2-12(21)3-5-13)7-9-18(19)25-20(30)24-14-6-8-16(22)17(23)10-14/h2-11,26H,1H3,(H2,24,25,30). The lowest BCUT2D eigenvalue weighted by molar-refractivity contribution is 0.415. The Hall–Kier alpha value is -2.23. The van der Waals surface area contributed by atoms with Crippen molar-refractivity contribution in [1.82, 2.24) is 0 Å². The number of halogens is 3. The number of ether oxygens (including phenoxy) is 1. The number of sulfonamides is 1. The van der Waals surface area contributed by atoms with Crippen molar-refractivity contribution >= 4 is 79.2 Å². The SMILES string of the molecule is COc1cc(S(=O)(=O)Nc2ccc(Cl)cc2)ccc1NC(=S)Nc1ccc(Cl)c(Cl)c1. The van der Waals surface area contributed by atoms with E-state index in [0.29, 0.717) is 32.1 Å². The molecule has 6 nitrogen and oxygen atoms in total. The molecule has 3 N–H and O–H groups in total. The van der Waals surface area contributed by atoms with Crippen LogP contribution in [0.2, 0.25) is 15.1 Å². The summed E-state index contributed by atoms with van der Waals surface area (Å²) in [5.41, 5.74) is 1.50. The fourth-order valence-corrected chi connectivity index (χ4v) is 4.26. The number of hydrogen-bond donors (Lipinski definition) is 3. The van der Waals surface area contributed by atoms with Crippen LogP contribution in [0.25, 0.3) is 0 Å². The topological polar surface area (TPSA) is 79.5 Å². The third-order valence-electron chi connectivity index (χ3n) is 4.01. The van der Waals surface area contributed by atoms with Crippen molar-refractivity contribution in [1.29, 1.82) is 0 Å². The van der Waals surface area contributed by atoms with Crippen molar-refractivity contribution in [2.45, 2.75) is 4.90 Å². The Morgan fingerprint density at radius 2 is 1.55 bits per heavy atom. The molecule has 0 aliphatic rings. The molecule has 31 heavy (non-hydrogen) atoms. The van der Waals surface area contributed by atoms with Gasteiger partial charge in [-0.05, 0) is 66.8 Å². The second-order valence-electron chi connectivity index (χ2n) is 6.18. The molecule has 0 heterocycles. The Morgan fingerprint density at radius 3 is 2.19 bits per heavy atom. The van der Waals surface area contributed by atoms with Gasteiger partial charge in [-0.1, -0.05) is 34.8 Å². The van der Waals surface area contributed by atoms with E-state index in [-0.39, 0.29) is 15.8 Å². The van der Waals surface area contributed by atoms with Gasteiger partial charge in [0.05, 0.1) is 27.7 Å². The molecule has 0 aliphatic carbocycles. The van der Waals surface area contributed by atoms with Crippen molar-refractivity contribution in [2.75, 3.05) is 22.5 Å². The molecule has 0 aliphatic heterocycles. The van der Waals surface area contributed by atoms with Crippen molar-refractivity contribution in [3.05, 3.63) is 75.7 Å². The Balaban J connectivity index is 1.76. The van der Waals surface area contributed by atoms with Crippen LogP contribution in [0.15, 0.2) is 65.6 Å². The molecule has 3 aromatic rings. The van der Waals surface area contributed by atoms with Gasteiger partial charge in [-0.15, -0.1) is 0 Å². The van der Waals surface area contributed by atoms with Gasteiger partial charge in [-0.25, -0.2) is 8.42 Å². The van der Waals surface area contributed by atoms with Crippen LogP contribution in [0.1, 0.15) is 0 Å². The summed E-state index contributed by atoms with van der Waals surface area (Å²) in [4.78, 5) is 0.0215. The predicted molar refractivity (Wildman–Crippen MR) is 132 cm³/mol. The Kier molecular flexibility index (Phi) is 7.51. The first kappa shape index (κ1) is 23.4. The zero-order valence-corrected chi connectivity index (χ0v) is 19.8. The van der Waals surface area contributed by atoms with E-state index in [9.17, 15) is 8.42 Å². The van der Waals surface area contributed by atoms with Crippen LogP contribution in [-0.4, -0.2) is 20.6 Å². The van der Waals surface area contributed by atoms with Gasteiger partial charge >= 0.3 is 0 Å². The zero-order chi connectivity index (χ0) is 22.6. The van der Waals surface area contributed by atoms with Gasteiger partial charge in [0.1, 0.15) is 5.75 Å². The largest absolute Gasteiger partial charge is 0.495 e. The van der Waals surface area contributed by atoms with Gasteiger partial charge in [0.15, 0.2) is 5.11 Å². The monoisotopic (exact) mass is 515 g/mol. The number of methoxy groups -OCH3 is 1. The molecule has 0 aromatic heterocycles. The highest BCUT2D eigenvalue weighted by atomic mass is 35.5. The van der Waals surface area contributed by atoms with Crippen LogP contribution in [0.3, 0.4) is 0 Å². The van der Waals surface area contributed by atoms with E-state index in [1.165, 1.54) is 19.2 Å². The van der Waals surface area contributed by atoms with Crippen molar-refractivity contribution in [2.24, 2.45) is 0 Å². The summed E-state index contributed by atoms with van der Waals surface area (Å²) in [6.45, 7) is 0. The lowest BCUT2D eigenvalue weighted by atomic mass is 10.3. The molecular weight excluding hydrogens is 501 g/mol. The van der Waals surface area contributed by atoms with E-state index in [1.807, 2.05) is 0 Å². The maximum Gasteiger partial charge on any atom is 0.262 e. The molecule has 162 valence electrons. The Labute approximate surface area is 200 Å². The first-order valence-electron chi connectivity index (χ1n) is 8.67. The van der Waals surface area contributed by atoms with Crippen molar-refractivity contribution in [3.63, 3.8) is 0 Å². The first-order valence-corrected chi connectivity index (χ1v) is 11.7. The number of rotatable bonds is 6. The van der Waals surface area contributed by atoms with Crippen molar-refractivity contribution in [3.8, 4) is 5.75 Å². The van der Waals surface area contributed by atoms with Gasteiger partial charge in [0.2, 0.25) is 0 Å². The Morgan fingerprint density at radius 1 is 0.871 bits per heavy atom. The van der Waals surface area contributed by atoms with Crippen LogP contribution in [0.5, 0.6) is 5.75 Å². The molecular formula is C20H16Cl3N3O3S2. The van der Waals surface area contributed by atoms with Gasteiger partial charge in [-0.3, -0.25) is 4.72 Å². The Bertz CT molecular complexity index is 1220. The van der Waals surface area contributed by atoms with Gasteiger partial charge in [-0.2, -0.15) is 0 Å². The molecule has 0 bridgehead atoms. The van der Waals surface area contributed by atoms with Gasteiger partial charge < -0.3 is 15.4 Å². The molecule has 0 amide bonds. The maximum absolute atomic E-state index is 12.7. The summed E-state index contributed by atoms with van der Waals surface area (Å²) in [6.07, 6.45) is 0. The minimum absolute atomic E-state index is 0.0215. The van der Waals surface area contributed by atoms with Crippen molar-refractivity contribution < 1.29 is 13.2 Å². The fraction of sp³-hybridized carbons (Fsp3) is 0.0500. The molecule has 0 fully saturated rings. The summed E-state index contributed by atoms with van der Waals surface area (Å²) >= 11 is 23.1. The second kappa shape index (κ2) is 9.93. The molecule has 3 rings (SSSR count). The summed E-state index contributed by atoms with van der Waals surface area (Å²) in [5, 5.41) is 7.51. The van der Waals surface area contributed by atoms with E-state index in [4.69, 9.17) is 51.8 Å². The van der Waals surface area contributed by atoms with Crippen LogP contribution in [0.4, 0.5) is 17.1 Å². The quantitative estimate of drug-likeness (QED) is 0.335. The zero-order valence-electron chi connectivity index (χ0n) is 15.9. The van der Waals surface area contributed by atoms with Crippen LogP contribution in [-0.2, 0) is 10.0 Å². The minimum atomic E-state index is -3.84. The van der Waals surface area contributed by atoms with E-state index < -0.39 is 10.0 Å². The predicted octanol–water partition coefficient (Wildman–Crippen LogP) is 6.27. The van der Waals surface area contributed by atoms with Crippen LogP contribution >= 0.6 is 47.0 Å². The highest BCUT2D eigenvalue weighted by molar-refractivity contribution is 7.92. The third-order valence-corrected chi connectivity index (χ3v) is 6.58. The summed E-state index contributed by atoms with van der Waals surface area (Å²) in [5.74, 6) is 0.289. The second-order valence-corrected chi connectivity index (χ2v) is 9.52. The molecule has 3 aromatic carbocycles. The average Bonchev–Trinajstić information content (AvgIpc) is 2.72. The number of anilines is 3. The molecule has 11 heteroatoms. The fourth-order valence-electron chi connectivity index (χ4n) is 2.53. The van der Waals surface area contributed by atoms with Gasteiger partial charge in [0, 0.05) is 22.5 Å². The van der Waals surface area contributed by atoms with E-state index in [1.54, 1.807) is 48.5 Å². The molecule has 0 spiro atoms. The van der Waals surface area contributed by atoms with E-state index >= 15 is 0 Å². The molecule has 0 atom stereocenters. The number of benzene rings is 3. The molecule has 0 radical (unpaired) electrons. The number of hydrogen-bond acceptors (Lipinski definition) is 4. The summed E-state index contributed by atoms with van der Waals surface area (Å²) in [7, 11) is -2.41. The summed E-state index contributed by atoms with van der Waals surface area (Å²) < 4.78 is 33.2. The van der Waals surface area contributed by atoms with E-state index in [0.717, 1.165) is 0 Å². The molecule has 0 unspecified atom stereocenters. The molecule has 0 saturated carbocycles. The summed E-state index contributed by atoms with van der Waals surface area (Å²) in [6, 6.07) is 15.7. The third kappa shape index (κ3) is 6.15.